The van der Waals surface area contributed by atoms with Crippen LogP contribution in [0.2, 0.25) is 0 Å². The molecule has 3 N–H and O–H groups in total. The van der Waals surface area contributed by atoms with Crippen molar-refractivity contribution in [2.75, 3.05) is 45.0 Å². The van der Waals surface area contributed by atoms with Gasteiger partial charge >= 0.3 is 6.03 Å². The Labute approximate surface area is 150 Å². The highest BCUT2D eigenvalue weighted by Crippen LogP contribution is 2.16. The number of anilines is 2. The third kappa shape index (κ3) is 5.50. The first-order valence-electron chi connectivity index (χ1n) is 8.55. The Kier molecular flexibility index (Phi) is 6.42. The Morgan fingerprint density at radius 3 is 2.36 bits per heavy atom. The van der Waals surface area contributed by atoms with Gasteiger partial charge in [-0.25, -0.2) is 4.79 Å². The third-order valence-corrected chi connectivity index (χ3v) is 4.25. The number of benzene rings is 2. The molecule has 5 heteroatoms. The minimum absolute atomic E-state index is 0.179. The van der Waals surface area contributed by atoms with Crippen LogP contribution >= 0.6 is 0 Å². The van der Waals surface area contributed by atoms with E-state index in [9.17, 15) is 4.79 Å². The molecule has 1 atom stereocenters. The SMILES string of the molecule is Cc1cccc(NC(=O)NC[C@@H](c2ccc(N(C)C)cc2)[NH+](C)C)c1. The maximum absolute atomic E-state index is 12.2. The molecule has 2 aromatic carbocycles. The highest BCUT2D eigenvalue weighted by atomic mass is 16.2. The molecule has 0 radical (unpaired) electrons. The van der Waals surface area contributed by atoms with E-state index in [2.05, 4.69) is 53.9 Å². The minimum Gasteiger partial charge on any atom is -0.378 e. The van der Waals surface area contributed by atoms with Crippen molar-refractivity contribution in [1.82, 2.24) is 5.32 Å². The number of nitrogens with zero attached hydrogens (tertiary/aromatic N) is 1. The Morgan fingerprint density at radius 2 is 1.80 bits per heavy atom. The lowest BCUT2D eigenvalue weighted by Gasteiger charge is -2.23. The van der Waals surface area contributed by atoms with Gasteiger partial charge in [0.1, 0.15) is 6.04 Å². The highest BCUT2D eigenvalue weighted by Gasteiger charge is 2.19. The molecule has 134 valence electrons. The number of hydrogen-bond donors (Lipinski definition) is 3. The van der Waals surface area contributed by atoms with Gasteiger partial charge in [0, 0.05) is 31.0 Å². The van der Waals surface area contributed by atoms with E-state index in [4.69, 9.17) is 0 Å². The summed E-state index contributed by atoms with van der Waals surface area (Å²) in [5.41, 5.74) is 4.30. The number of rotatable bonds is 6. The topological polar surface area (TPSA) is 48.8 Å². The average molecular weight is 341 g/mol. The fourth-order valence-corrected chi connectivity index (χ4v) is 2.75. The molecule has 0 spiro atoms. The van der Waals surface area contributed by atoms with Crippen molar-refractivity contribution in [2.45, 2.75) is 13.0 Å². The number of amides is 2. The Morgan fingerprint density at radius 1 is 1.12 bits per heavy atom. The van der Waals surface area contributed by atoms with E-state index >= 15 is 0 Å². The molecule has 25 heavy (non-hydrogen) atoms. The molecular weight excluding hydrogens is 312 g/mol. The van der Waals surface area contributed by atoms with Crippen LogP contribution in [0.4, 0.5) is 16.2 Å². The van der Waals surface area contributed by atoms with E-state index in [0.29, 0.717) is 6.54 Å². The van der Waals surface area contributed by atoms with Gasteiger partial charge in [-0.05, 0) is 36.8 Å². The van der Waals surface area contributed by atoms with E-state index in [1.54, 1.807) is 0 Å². The Bertz CT molecular complexity index is 695. The standard InChI is InChI=1S/C20H28N4O/c1-15-7-6-8-17(13-15)22-20(25)21-14-19(24(4)5)16-9-11-18(12-10-16)23(2)3/h6-13,19H,14H2,1-5H3,(H2,21,22,25)/p+1/t19-/m0/s1. The van der Waals surface area contributed by atoms with Gasteiger partial charge in [0.25, 0.3) is 0 Å². The van der Waals surface area contributed by atoms with Crippen LogP contribution in [0, 0.1) is 6.92 Å². The maximum Gasteiger partial charge on any atom is 0.319 e. The van der Waals surface area contributed by atoms with E-state index < -0.39 is 0 Å². The maximum atomic E-state index is 12.2. The second kappa shape index (κ2) is 8.53. The number of hydrogen-bond acceptors (Lipinski definition) is 2. The zero-order valence-electron chi connectivity index (χ0n) is 15.8. The summed E-state index contributed by atoms with van der Waals surface area (Å²) >= 11 is 0. The number of urea groups is 1. The van der Waals surface area contributed by atoms with Crippen LogP contribution in [-0.4, -0.2) is 40.8 Å². The second-order valence-electron chi connectivity index (χ2n) is 6.82. The fraction of sp³-hybridized carbons (Fsp3) is 0.350. The van der Waals surface area contributed by atoms with Crippen LogP contribution in [0.1, 0.15) is 17.2 Å². The molecule has 2 aromatic rings. The molecular formula is C20H29N4O+. The minimum atomic E-state index is -0.179. The van der Waals surface area contributed by atoms with Crippen LogP contribution < -0.4 is 20.4 Å². The molecule has 0 fully saturated rings. The molecule has 0 aromatic heterocycles. The number of aryl methyl sites for hydroxylation is 1. The lowest BCUT2D eigenvalue weighted by Crippen LogP contribution is -3.07. The van der Waals surface area contributed by atoms with E-state index in [-0.39, 0.29) is 12.1 Å². The number of carbonyl (C=O) groups excluding carboxylic acids is 1. The van der Waals surface area contributed by atoms with Crippen LogP contribution in [0.25, 0.3) is 0 Å². The van der Waals surface area contributed by atoms with Crippen LogP contribution in [0.3, 0.4) is 0 Å². The largest absolute Gasteiger partial charge is 0.378 e. The van der Waals surface area contributed by atoms with Crippen molar-refractivity contribution in [3.8, 4) is 0 Å². The van der Waals surface area contributed by atoms with Gasteiger partial charge in [-0.2, -0.15) is 0 Å². The van der Waals surface area contributed by atoms with Gasteiger partial charge in [0.05, 0.1) is 20.6 Å². The van der Waals surface area contributed by atoms with Gasteiger partial charge < -0.3 is 20.4 Å². The van der Waals surface area contributed by atoms with Gasteiger partial charge in [0.15, 0.2) is 0 Å². The molecule has 0 saturated carbocycles. The number of nitrogens with one attached hydrogen (secondary N) is 3. The summed E-state index contributed by atoms with van der Waals surface area (Å²) in [6, 6.07) is 16.3. The molecule has 2 amide bonds. The first-order valence-corrected chi connectivity index (χ1v) is 8.55. The quantitative estimate of drug-likeness (QED) is 0.753. The first-order chi connectivity index (χ1) is 11.9. The summed E-state index contributed by atoms with van der Waals surface area (Å²) < 4.78 is 0. The van der Waals surface area contributed by atoms with Crippen LogP contribution in [0.5, 0.6) is 0 Å². The molecule has 0 saturated heterocycles. The predicted molar refractivity (Wildman–Crippen MR) is 105 cm³/mol. The van der Waals surface area contributed by atoms with E-state index in [1.165, 1.54) is 16.2 Å². The molecule has 0 aliphatic carbocycles. The number of likely N-dealkylation sites (N-methyl/N-ethyl adjacent to an activating group) is 1. The van der Waals surface area contributed by atoms with E-state index in [1.807, 2.05) is 45.3 Å². The Hall–Kier alpha value is -2.53. The zero-order valence-corrected chi connectivity index (χ0v) is 15.8. The van der Waals surface area contributed by atoms with Gasteiger partial charge in [-0.15, -0.1) is 0 Å². The first kappa shape index (κ1) is 18.8. The second-order valence-corrected chi connectivity index (χ2v) is 6.82. The summed E-state index contributed by atoms with van der Waals surface area (Å²) in [6.45, 7) is 2.58. The molecule has 0 heterocycles. The van der Waals surface area contributed by atoms with Crippen molar-refractivity contribution in [3.05, 3.63) is 59.7 Å². The van der Waals surface area contributed by atoms with Gasteiger partial charge in [-0.3, -0.25) is 0 Å². The third-order valence-electron chi connectivity index (χ3n) is 4.25. The highest BCUT2D eigenvalue weighted by molar-refractivity contribution is 5.89. The normalized spacial score (nSPS) is 11.9. The Balaban J connectivity index is 1.98. The van der Waals surface area contributed by atoms with Crippen molar-refractivity contribution in [1.29, 1.82) is 0 Å². The summed E-state index contributed by atoms with van der Waals surface area (Å²) in [6.07, 6.45) is 0. The summed E-state index contributed by atoms with van der Waals surface area (Å²) in [5.74, 6) is 0. The molecule has 2 rings (SSSR count). The summed E-state index contributed by atoms with van der Waals surface area (Å²) in [5, 5.41) is 5.87. The fourth-order valence-electron chi connectivity index (χ4n) is 2.75. The molecule has 5 nitrogen and oxygen atoms in total. The monoisotopic (exact) mass is 341 g/mol. The molecule has 0 unspecified atom stereocenters. The predicted octanol–water partition coefficient (Wildman–Crippen LogP) is 2.07. The smallest absolute Gasteiger partial charge is 0.319 e. The van der Waals surface area contributed by atoms with Crippen LogP contribution in [-0.2, 0) is 0 Å². The summed E-state index contributed by atoms with van der Waals surface area (Å²) in [4.78, 5) is 15.5. The van der Waals surface area contributed by atoms with Gasteiger partial charge in [0.2, 0.25) is 0 Å². The lowest BCUT2D eigenvalue weighted by atomic mass is 10.1. The molecule has 0 aliphatic rings. The molecule has 0 aliphatic heterocycles. The summed E-state index contributed by atoms with van der Waals surface area (Å²) in [7, 11) is 8.26. The molecule has 0 bridgehead atoms. The van der Waals surface area contributed by atoms with Crippen molar-refractivity contribution < 1.29 is 9.69 Å². The lowest BCUT2D eigenvalue weighted by molar-refractivity contribution is -0.890. The zero-order chi connectivity index (χ0) is 18.4. The van der Waals surface area contributed by atoms with Crippen LogP contribution in [0.15, 0.2) is 48.5 Å². The van der Waals surface area contributed by atoms with Gasteiger partial charge in [-0.1, -0.05) is 24.3 Å². The number of quaternary nitrogens is 1. The average Bonchev–Trinajstić information content (AvgIpc) is 2.55. The van der Waals surface area contributed by atoms with E-state index in [0.717, 1.165) is 11.3 Å². The van der Waals surface area contributed by atoms with Crippen molar-refractivity contribution in [3.63, 3.8) is 0 Å². The van der Waals surface area contributed by atoms with Crippen molar-refractivity contribution >= 4 is 17.4 Å². The number of carbonyl (C=O) groups is 1. The van der Waals surface area contributed by atoms with Crippen molar-refractivity contribution in [2.24, 2.45) is 0 Å².